The number of para-hydroxylation sites is 1. The highest BCUT2D eigenvalue weighted by Crippen LogP contribution is 2.18. The number of sulfonamides is 1. The summed E-state index contributed by atoms with van der Waals surface area (Å²) in [7, 11) is -3.60. The van der Waals surface area contributed by atoms with Crippen molar-refractivity contribution >= 4 is 32.5 Å². The summed E-state index contributed by atoms with van der Waals surface area (Å²) in [6.45, 7) is 4.42. The van der Waals surface area contributed by atoms with Crippen molar-refractivity contribution in [1.29, 1.82) is 0 Å². The monoisotopic (exact) mass is 443 g/mol. The number of amides is 1. The number of benzene rings is 2. The van der Waals surface area contributed by atoms with Crippen molar-refractivity contribution in [3.63, 3.8) is 0 Å². The molecule has 2 aromatic carbocycles. The second kappa shape index (κ2) is 9.56. The van der Waals surface area contributed by atoms with E-state index < -0.39 is 10.0 Å². The predicted molar refractivity (Wildman–Crippen MR) is 118 cm³/mol. The number of anilines is 1. The molecule has 3 N–H and O–H groups in total. The molecule has 4 rings (SSSR count). The van der Waals surface area contributed by atoms with Crippen LogP contribution in [-0.4, -0.2) is 68.8 Å². The van der Waals surface area contributed by atoms with Crippen molar-refractivity contribution in [3.8, 4) is 0 Å². The van der Waals surface area contributed by atoms with Gasteiger partial charge in [0.25, 0.3) is 5.91 Å². The molecule has 1 aliphatic heterocycles. The van der Waals surface area contributed by atoms with Crippen LogP contribution in [0.2, 0.25) is 0 Å². The first-order valence-electron chi connectivity index (χ1n) is 10.2. The summed E-state index contributed by atoms with van der Waals surface area (Å²) in [6, 6.07) is 13.4. The molecule has 0 aliphatic carbocycles. The Morgan fingerprint density at radius 2 is 1.84 bits per heavy atom. The zero-order valence-corrected chi connectivity index (χ0v) is 17.8. The summed E-state index contributed by atoms with van der Waals surface area (Å²) in [5, 5.41) is 10.4. The van der Waals surface area contributed by atoms with E-state index in [0.29, 0.717) is 12.2 Å². The molecule has 10 heteroatoms. The highest BCUT2D eigenvalue weighted by molar-refractivity contribution is 7.89. The van der Waals surface area contributed by atoms with E-state index in [9.17, 15) is 13.2 Å². The van der Waals surface area contributed by atoms with Gasteiger partial charge in [-0.2, -0.15) is 5.10 Å². The number of carbonyl (C=O) groups is 1. The van der Waals surface area contributed by atoms with Crippen LogP contribution >= 0.6 is 0 Å². The highest BCUT2D eigenvalue weighted by Gasteiger charge is 2.16. The van der Waals surface area contributed by atoms with Crippen LogP contribution in [0.15, 0.2) is 53.4 Å². The maximum atomic E-state index is 12.5. The molecule has 9 nitrogen and oxygen atoms in total. The van der Waals surface area contributed by atoms with Gasteiger partial charge in [-0.3, -0.25) is 14.8 Å². The summed E-state index contributed by atoms with van der Waals surface area (Å²) < 4.78 is 32.9. The second-order valence-electron chi connectivity index (χ2n) is 7.30. The Hall–Kier alpha value is -2.79. The lowest BCUT2D eigenvalue weighted by Crippen LogP contribution is -2.38. The summed E-state index contributed by atoms with van der Waals surface area (Å²) in [5.74, 6) is -0.366. The number of rotatable bonds is 8. The van der Waals surface area contributed by atoms with Gasteiger partial charge >= 0.3 is 0 Å². The van der Waals surface area contributed by atoms with E-state index in [2.05, 4.69) is 25.1 Å². The molecule has 31 heavy (non-hydrogen) atoms. The molecule has 0 saturated carbocycles. The number of carbonyl (C=O) groups excluding carboxylic acids is 1. The van der Waals surface area contributed by atoms with Gasteiger partial charge in [0.1, 0.15) is 0 Å². The van der Waals surface area contributed by atoms with Crippen LogP contribution in [0, 0.1) is 0 Å². The molecule has 2 heterocycles. The van der Waals surface area contributed by atoms with Gasteiger partial charge in [-0.05, 0) is 43.3 Å². The van der Waals surface area contributed by atoms with E-state index >= 15 is 0 Å². The summed E-state index contributed by atoms with van der Waals surface area (Å²) >= 11 is 0. The Labute approximate surface area is 180 Å². The fourth-order valence-electron chi connectivity index (χ4n) is 3.46. The average Bonchev–Trinajstić information content (AvgIpc) is 3.22. The molecular formula is C21H25N5O4S. The normalized spacial score (nSPS) is 15.2. The largest absolute Gasteiger partial charge is 0.379 e. The molecule has 164 valence electrons. The fourth-order valence-corrected chi connectivity index (χ4v) is 4.54. The van der Waals surface area contributed by atoms with Gasteiger partial charge in [0.15, 0.2) is 5.69 Å². The maximum Gasteiger partial charge on any atom is 0.276 e. The minimum Gasteiger partial charge on any atom is -0.379 e. The molecule has 3 aromatic rings. The van der Waals surface area contributed by atoms with Crippen LogP contribution in [0.25, 0.3) is 10.9 Å². The third-order valence-electron chi connectivity index (χ3n) is 5.15. The van der Waals surface area contributed by atoms with Crippen molar-refractivity contribution < 1.29 is 17.9 Å². The van der Waals surface area contributed by atoms with Gasteiger partial charge in [-0.1, -0.05) is 18.2 Å². The van der Waals surface area contributed by atoms with E-state index in [1.807, 2.05) is 24.3 Å². The molecule has 1 saturated heterocycles. The van der Waals surface area contributed by atoms with Gasteiger partial charge in [0.2, 0.25) is 10.0 Å². The lowest BCUT2D eigenvalue weighted by Gasteiger charge is -2.26. The van der Waals surface area contributed by atoms with Gasteiger partial charge in [-0.15, -0.1) is 0 Å². The van der Waals surface area contributed by atoms with E-state index in [1.165, 1.54) is 12.1 Å². The number of morpholine rings is 1. The number of hydrogen-bond acceptors (Lipinski definition) is 6. The van der Waals surface area contributed by atoms with E-state index in [4.69, 9.17) is 4.74 Å². The van der Waals surface area contributed by atoms with Crippen molar-refractivity contribution in [2.24, 2.45) is 0 Å². The standard InChI is InChI=1S/C21H25N5O4S/c27-21(20-18-4-1-2-5-19(18)24-25-20)23-16-6-8-17(9-7-16)31(28,29)22-10-3-11-26-12-14-30-15-13-26/h1-2,4-9,22H,3,10-15H2,(H,23,27)(H,24,25). The van der Waals surface area contributed by atoms with Crippen molar-refractivity contribution in [2.75, 3.05) is 44.7 Å². The van der Waals surface area contributed by atoms with Gasteiger partial charge in [0, 0.05) is 30.7 Å². The molecule has 0 bridgehead atoms. The van der Waals surface area contributed by atoms with Gasteiger partial charge in [0.05, 0.1) is 23.6 Å². The predicted octanol–water partition coefficient (Wildman–Crippen LogP) is 1.82. The van der Waals surface area contributed by atoms with Crippen LogP contribution in [0.1, 0.15) is 16.9 Å². The molecule has 1 aliphatic rings. The molecule has 0 spiro atoms. The Balaban J connectivity index is 1.32. The quantitative estimate of drug-likeness (QED) is 0.457. The van der Waals surface area contributed by atoms with Crippen molar-refractivity contribution in [2.45, 2.75) is 11.3 Å². The number of nitrogens with zero attached hydrogens (tertiary/aromatic N) is 2. The smallest absolute Gasteiger partial charge is 0.276 e. The number of nitrogens with one attached hydrogen (secondary N) is 3. The summed E-state index contributed by atoms with van der Waals surface area (Å²) in [4.78, 5) is 15.0. The van der Waals surface area contributed by atoms with Gasteiger partial charge < -0.3 is 10.1 Å². The van der Waals surface area contributed by atoms with Crippen LogP contribution < -0.4 is 10.0 Å². The molecule has 1 fully saturated rings. The molecule has 1 amide bonds. The Bertz CT molecular complexity index is 1140. The zero-order chi connectivity index (χ0) is 21.7. The maximum absolute atomic E-state index is 12.5. The number of ether oxygens (including phenoxy) is 1. The fraction of sp³-hybridized carbons (Fsp3) is 0.333. The van der Waals surface area contributed by atoms with E-state index in [0.717, 1.165) is 50.2 Å². The van der Waals surface area contributed by atoms with E-state index in [1.54, 1.807) is 12.1 Å². The average molecular weight is 444 g/mol. The first-order valence-corrected chi connectivity index (χ1v) is 11.7. The minimum atomic E-state index is -3.60. The third-order valence-corrected chi connectivity index (χ3v) is 6.63. The number of aromatic nitrogens is 2. The lowest BCUT2D eigenvalue weighted by atomic mass is 10.2. The molecule has 1 aromatic heterocycles. The minimum absolute atomic E-state index is 0.155. The summed E-state index contributed by atoms with van der Waals surface area (Å²) in [5.41, 5.74) is 1.55. The van der Waals surface area contributed by atoms with Crippen LogP contribution in [0.4, 0.5) is 5.69 Å². The third kappa shape index (κ3) is 5.28. The first-order chi connectivity index (χ1) is 15.0. The topological polar surface area (TPSA) is 116 Å². The number of H-pyrrole nitrogens is 1. The molecular weight excluding hydrogens is 418 g/mol. The Kier molecular flexibility index (Phi) is 6.62. The van der Waals surface area contributed by atoms with Gasteiger partial charge in [-0.25, -0.2) is 13.1 Å². The van der Waals surface area contributed by atoms with Crippen molar-refractivity contribution in [1.82, 2.24) is 19.8 Å². The zero-order valence-electron chi connectivity index (χ0n) is 17.0. The second-order valence-corrected chi connectivity index (χ2v) is 9.07. The van der Waals surface area contributed by atoms with E-state index in [-0.39, 0.29) is 16.5 Å². The first kappa shape index (κ1) is 21.4. The van der Waals surface area contributed by atoms with Crippen LogP contribution in [0.5, 0.6) is 0 Å². The lowest BCUT2D eigenvalue weighted by molar-refractivity contribution is 0.0376. The highest BCUT2D eigenvalue weighted by atomic mass is 32.2. The Morgan fingerprint density at radius 3 is 2.61 bits per heavy atom. The Morgan fingerprint density at radius 1 is 1.10 bits per heavy atom. The van der Waals surface area contributed by atoms with Crippen LogP contribution in [-0.2, 0) is 14.8 Å². The molecule has 0 unspecified atom stereocenters. The number of aromatic amines is 1. The molecule has 0 radical (unpaired) electrons. The van der Waals surface area contributed by atoms with Crippen molar-refractivity contribution in [3.05, 3.63) is 54.2 Å². The SMILES string of the molecule is O=C(Nc1ccc(S(=O)(=O)NCCCN2CCOCC2)cc1)c1n[nH]c2ccccc12. The number of fused-ring (bicyclic) bond motifs is 1. The molecule has 0 atom stereocenters. The van der Waals surface area contributed by atoms with Crippen LogP contribution in [0.3, 0.4) is 0 Å². The number of hydrogen-bond donors (Lipinski definition) is 3. The summed E-state index contributed by atoms with van der Waals surface area (Å²) in [6.07, 6.45) is 0.727.